The van der Waals surface area contributed by atoms with Crippen LogP contribution in [0.25, 0.3) is 0 Å². The van der Waals surface area contributed by atoms with Gasteiger partial charge in [-0.1, -0.05) is 38.1 Å². The molecular weight excluding hydrogens is 374 g/mol. The van der Waals surface area contributed by atoms with Crippen LogP contribution in [-0.4, -0.2) is 73.8 Å². The van der Waals surface area contributed by atoms with Crippen molar-refractivity contribution < 1.29 is 5.11 Å². The van der Waals surface area contributed by atoms with Crippen LogP contribution in [0.1, 0.15) is 44.7 Å². The summed E-state index contributed by atoms with van der Waals surface area (Å²) in [5.41, 5.74) is 2.60. The van der Waals surface area contributed by atoms with Gasteiger partial charge in [0.25, 0.3) is 0 Å². The molecule has 1 unspecified atom stereocenters. The van der Waals surface area contributed by atoms with Gasteiger partial charge in [-0.25, -0.2) is 4.99 Å². The van der Waals surface area contributed by atoms with Gasteiger partial charge in [-0.2, -0.15) is 0 Å². The van der Waals surface area contributed by atoms with Crippen LogP contribution < -0.4 is 10.6 Å². The van der Waals surface area contributed by atoms with E-state index in [2.05, 4.69) is 72.5 Å². The van der Waals surface area contributed by atoms with Gasteiger partial charge < -0.3 is 20.6 Å². The van der Waals surface area contributed by atoms with Crippen LogP contribution in [-0.2, 0) is 13.1 Å². The second-order valence-electron chi connectivity index (χ2n) is 8.98. The summed E-state index contributed by atoms with van der Waals surface area (Å²) in [7, 11) is 2.19. The van der Waals surface area contributed by atoms with E-state index in [1.165, 1.54) is 11.1 Å². The highest BCUT2D eigenvalue weighted by atomic mass is 16.3. The van der Waals surface area contributed by atoms with Crippen molar-refractivity contribution in [2.75, 3.05) is 52.9 Å². The molecule has 0 saturated carbocycles. The lowest BCUT2D eigenvalue weighted by Crippen LogP contribution is -2.43. The molecule has 1 saturated heterocycles. The van der Waals surface area contributed by atoms with Crippen molar-refractivity contribution in [3.63, 3.8) is 0 Å². The molecule has 1 heterocycles. The number of nitrogens with one attached hydrogen (secondary N) is 2. The average molecular weight is 418 g/mol. The van der Waals surface area contributed by atoms with Crippen molar-refractivity contribution >= 4 is 5.96 Å². The van der Waals surface area contributed by atoms with Crippen molar-refractivity contribution in [2.24, 2.45) is 16.8 Å². The van der Waals surface area contributed by atoms with Gasteiger partial charge in [0.05, 0.1) is 6.54 Å². The molecule has 0 aromatic heterocycles. The Morgan fingerprint density at radius 1 is 1.07 bits per heavy atom. The zero-order valence-corrected chi connectivity index (χ0v) is 19.5. The van der Waals surface area contributed by atoms with Gasteiger partial charge >= 0.3 is 0 Å². The number of piperazine rings is 1. The Labute approximate surface area is 183 Å². The average Bonchev–Trinajstić information content (AvgIpc) is 2.72. The summed E-state index contributed by atoms with van der Waals surface area (Å²) >= 11 is 0. The second-order valence-corrected chi connectivity index (χ2v) is 8.98. The molecule has 3 N–H and O–H groups in total. The second kappa shape index (κ2) is 13.6. The predicted molar refractivity (Wildman–Crippen MR) is 127 cm³/mol. The normalized spacial score (nSPS) is 17.3. The molecule has 1 aliphatic heterocycles. The van der Waals surface area contributed by atoms with Crippen molar-refractivity contribution in [1.82, 2.24) is 20.4 Å². The number of aliphatic imine (C=N–C) groups is 1. The Morgan fingerprint density at radius 2 is 1.73 bits per heavy atom. The first-order chi connectivity index (χ1) is 14.5. The number of likely N-dealkylation sites (N-methyl/N-ethyl adjacent to an activating group) is 1. The highest BCUT2D eigenvalue weighted by Crippen LogP contribution is 2.14. The van der Waals surface area contributed by atoms with Crippen molar-refractivity contribution in [3.8, 4) is 0 Å². The number of benzene rings is 1. The smallest absolute Gasteiger partial charge is 0.191 e. The van der Waals surface area contributed by atoms with Crippen LogP contribution >= 0.6 is 0 Å². The zero-order chi connectivity index (χ0) is 21.8. The fourth-order valence-corrected chi connectivity index (χ4v) is 3.92. The minimum atomic E-state index is 0.243. The van der Waals surface area contributed by atoms with Gasteiger partial charge in [-0.05, 0) is 49.8 Å². The van der Waals surface area contributed by atoms with E-state index in [0.717, 1.165) is 64.6 Å². The zero-order valence-electron chi connectivity index (χ0n) is 19.5. The van der Waals surface area contributed by atoms with Crippen LogP contribution in [0, 0.1) is 11.8 Å². The Hall–Kier alpha value is -1.63. The molecular formula is C24H43N5O. The van der Waals surface area contributed by atoms with E-state index >= 15 is 0 Å². The molecule has 0 radical (unpaired) electrons. The van der Waals surface area contributed by atoms with Gasteiger partial charge in [0.2, 0.25) is 0 Å². The highest BCUT2D eigenvalue weighted by Gasteiger charge is 2.14. The Bertz CT molecular complexity index is 609. The number of rotatable bonds is 11. The van der Waals surface area contributed by atoms with Crippen LogP contribution in [0.5, 0.6) is 0 Å². The minimum Gasteiger partial charge on any atom is -0.396 e. The highest BCUT2D eigenvalue weighted by molar-refractivity contribution is 5.79. The first-order valence-corrected chi connectivity index (χ1v) is 11.6. The molecule has 0 aliphatic carbocycles. The number of aliphatic hydroxyl groups excluding tert-OH is 1. The van der Waals surface area contributed by atoms with E-state index in [4.69, 9.17) is 4.99 Å². The number of aliphatic hydroxyl groups is 1. The molecule has 6 nitrogen and oxygen atoms in total. The lowest BCUT2D eigenvalue weighted by Gasteiger charge is -2.32. The molecule has 1 atom stereocenters. The summed E-state index contributed by atoms with van der Waals surface area (Å²) in [6, 6.07) is 8.88. The molecule has 170 valence electrons. The van der Waals surface area contributed by atoms with E-state index < -0.39 is 0 Å². The van der Waals surface area contributed by atoms with Crippen LogP contribution in [0.15, 0.2) is 29.3 Å². The molecule has 30 heavy (non-hydrogen) atoms. The molecule has 6 heteroatoms. The fourth-order valence-electron chi connectivity index (χ4n) is 3.92. The SMILES string of the molecule is CCNC(=NCc1ccc(CN2CCN(C)CC2)cc1)NCC(CCO)CC(C)C. The molecule has 0 bridgehead atoms. The third-order valence-electron chi connectivity index (χ3n) is 5.69. The molecule has 2 rings (SSSR count). The third-order valence-corrected chi connectivity index (χ3v) is 5.69. The minimum absolute atomic E-state index is 0.243. The first-order valence-electron chi connectivity index (χ1n) is 11.6. The summed E-state index contributed by atoms with van der Waals surface area (Å²) in [5, 5.41) is 16.1. The van der Waals surface area contributed by atoms with Gasteiger partial charge in [-0.15, -0.1) is 0 Å². The monoisotopic (exact) mass is 417 g/mol. The fraction of sp³-hybridized carbons (Fsp3) is 0.708. The predicted octanol–water partition coefficient (Wildman–Crippen LogP) is 2.53. The standard InChI is InChI=1S/C24H43N5O/c1-5-25-24(27-18-23(10-15-30)16-20(2)3)26-17-21-6-8-22(9-7-21)19-29-13-11-28(4)12-14-29/h6-9,20,23,30H,5,10-19H2,1-4H3,(H2,25,26,27). The van der Waals surface area contributed by atoms with Gasteiger partial charge in [0.15, 0.2) is 5.96 Å². The molecule has 1 aliphatic rings. The third kappa shape index (κ3) is 9.45. The summed E-state index contributed by atoms with van der Waals surface area (Å²) in [5.74, 6) is 1.95. The van der Waals surface area contributed by atoms with Crippen LogP contribution in [0.4, 0.5) is 0 Å². The van der Waals surface area contributed by atoms with E-state index in [0.29, 0.717) is 18.4 Å². The molecule has 1 aromatic carbocycles. The number of guanidine groups is 1. The van der Waals surface area contributed by atoms with E-state index in [1.807, 2.05) is 0 Å². The number of hydrogen-bond donors (Lipinski definition) is 3. The molecule has 0 spiro atoms. The van der Waals surface area contributed by atoms with Gasteiger partial charge in [0, 0.05) is 52.4 Å². The number of hydrogen-bond acceptors (Lipinski definition) is 4. The van der Waals surface area contributed by atoms with Crippen LogP contribution in [0.3, 0.4) is 0 Å². The van der Waals surface area contributed by atoms with Crippen molar-refractivity contribution in [3.05, 3.63) is 35.4 Å². The maximum absolute atomic E-state index is 9.33. The van der Waals surface area contributed by atoms with Gasteiger partial charge in [0.1, 0.15) is 0 Å². The van der Waals surface area contributed by atoms with Gasteiger partial charge in [-0.3, -0.25) is 4.90 Å². The topological polar surface area (TPSA) is 63.1 Å². The van der Waals surface area contributed by atoms with Crippen molar-refractivity contribution in [1.29, 1.82) is 0 Å². The van der Waals surface area contributed by atoms with E-state index in [-0.39, 0.29) is 6.61 Å². The Morgan fingerprint density at radius 3 is 2.33 bits per heavy atom. The quantitative estimate of drug-likeness (QED) is 0.381. The first kappa shape index (κ1) is 24.6. The lowest BCUT2D eigenvalue weighted by molar-refractivity contribution is 0.148. The maximum atomic E-state index is 9.33. The summed E-state index contributed by atoms with van der Waals surface area (Å²) in [6.45, 7) is 14.8. The largest absolute Gasteiger partial charge is 0.396 e. The Kier molecular flexibility index (Phi) is 11.2. The maximum Gasteiger partial charge on any atom is 0.191 e. The Balaban J connectivity index is 1.85. The van der Waals surface area contributed by atoms with Crippen LogP contribution in [0.2, 0.25) is 0 Å². The van der Waals surface area contributed by atoms with E-state index in [9.17, 15) is 5.11 Å². The molecule has 1 fully saturated rings. The van der Waals surface area contributed by atoms with Crippen molar-refractivity contribution in [2.45, 2.75) is 46.7 Å². The number of nitrogens with zero attached hydrogens (tertiary/aromatic N) is 3. The molecule has 0 amide bonds. The summed E-state index contributed by atoms with van der Waals surface area (Å²) in [6.07, 6.45) is 1.95. The lowest BCUT2D eigenvalue weighted by atomic mass is 9.94. The van der Waals surface area contributed by atoms with E-state index in [1.54, 1.807) is 0 Å². The summed E-state index contributed by atoms with van der Waals surface area (Å²) < 4.78 is 0. The molecule has 1 aromatic rings. The summed E-state index contributed by atoms with van der Waals surface area (Å²) in [4.78, 5) is 9.68.